The summed E-state index contributed by atoms with van der Waals surface area (Å²) in [5.74, 6) is -0.454. The number of unbranched alkanes of at least 4 members (excludes halogenated alkanes) is 1. The van der Waals surface area contributed by atoms with Crippen LogP contribution in [0.25, 0.3) is 0 Å². The second kappa shape index (κ2) is 11.6. The molecule has 0 aliphatic heterocycles. The summed E-state index contributed by atoms with van der Waals surface area (Å²) >= 11 is 0. The molecule has 0 heterocycles. The largest absolute Gasteiger partial charge is 0.494 e. The molecule has 0 aliphatic rings. The van der Waals surface area contributed by atoms with Crippen LogP contribution in [0.2, 0.25) is 0 Å². The van der Waals surface area contributed by atoms with Crippen LogP contribution in [0.5, 0.6) is 5.75 Å². The van der Waals surface area contributed by atoms with Crippen molar-refractivity contribution in [2.24, 2.45) is 0 Å². The summed E-state index contributed by atoms with van der Waals surface area (Å²) < 4.78 is 5.55. The van der Waals surface area contributed by atoms with Gasteiger partial charge in [-0.25, -0.2) is 0 Å². The van der Waals surface area contributed by atoms with Crippen molar-refractivity contribution in [3.63, 3.8) is 0 Å². The molecule has 0 bridgehead atoms. The molecule has 0 aliphatic carbocycles. The SMILES string of the molecule is CCCCOc1ccc(C(=O)NNC(=O)CCC(=O)Nc2cc(C)ccc2C)cc1. The number of nitrogens with one attached hydrogen (secondary N) is 3. The third kappa shape index (κ3) is 7.58. The lowest BCUT2D eigenvalue weighted by atomic mass is 10.1. The molecule has 0 unspecified atom stereocenters. The third-order valence-corrected chi connectivity index (χ3v) is 4.44. The second-order valence-corrected chi connectivity index (χ2v) is 7.10. The van der Waals surface area contributed by atoms with Crippen molar-refractivity contribution in [3.8, 4) is 5.75 Å². The molecule has 7 heteroatoms. The normalized spacial score (nSPS) is 10.2. The second-order valence-electron chi connectivity index (χ2n) is 7.10. The minimum Gasteiger partial charge on any atom is -0.494 e. The molecule has 2 rings (SSSR count). The van der Waals surface area contributed by atoms with Crippen molar-refractivity contribution in [3.05, 3.63) is 59.2 Å². The minimum atomic E-state index is -0.445. The number of hydrazine groups is 1. The lowest BCUT2D eigenvalue weighted by molar-refractivity contribution is -0.124. The highest BCUT2D eigenvalue weighted by molar-refractivity contribution is 5.96. The van der Waals surface area contributed by atoms with Crippen LogP contribution in [0.4, 0.5) is 5.69 Å². The van der Waals surface area contributed by atoms with E-state index in [0.29, 0.717) is 17.9 Å². The molecule has 2 aromatic carbocycles. The zero-order valence-electron chi connectivity index (χ0n) is 17.7. The molecule has 3 N–H and O–H groups in total. The van der Waals surface area contributed by atoms with E-state index in [1.165, 1.54) is 0 Å². The molecule has 2 aromatic rings. The Morgan fingerprint density at radius 1 is 0.900 bits per heavy atom. The van der Waals surface area contributed by atoms with Crippen molar-refractivity contribution >= 4 is 23.4 Å². The number of carbonyl (C=O) groups excluding carboxylic acids is 3. The number of ether oxygens (including phenoxy) is 1. The summed E-state index contributed by atoms with van der Waals surface area (Å²) in [6.45, 7) is 6.57. The van der Waals surface area contributed by atoms with Gasteiger partial charge in [0.15, 0.2) is 0 Å². The zero-order chi connectivity index (χ0) is 21.9. The Kier molecular flexibility index (Phi) is 8.87. The lowest BCUT2D eigenvalue weighted by Crippen LogP contribution is -2.41. The summed E-state index contributed by atoms with van der Waals surface area (Å²) in [5, 5.41) is 2.80. The first-order valence-corrected chi connectivity index (χ1v) is 10.1. The van der Waals surface area contributed by atoms with Crippen LogP contribution < -0.4 is 20.9 Å². The maximum atomic E-state index is 12.1. The number of benzene rings is 2. The van der Waals surface area contributed by atoms with E-state index in [4.69, 9.17) is 4.74 Å². The van der Waals surface area contributed by atoms with E-state index in [1.807, 2.05) is 32.0 Å². The number of rotatable bonds is 9. The maximum absolute atomic E-state index is 12.1. The highest BCUT2D eigenvalue weighted by Gasteiger charge is 2.11. The summed E-state index contributed by atoms with van der Waals surface area (Å²) in [7, 11) is 0. The first-order valence-electron chi connectivity index (χ1n) is 10.1. The van der Waals surface area contributed by atoms with E-state index >= 15 is 0 Å². The summed E-state index contributed by atoms with van der Waals surface area (Å²) in [6.07, 6.45) is 1.99. The fraction of sp³-hybridized carbons (Fsp3) is 0.348. The van der Waals surface area contributed by atoms with Gasteiger partial charge in [0.25, 0.3) is 5.91 Å². The van der Waals surface area contributed by atoms with Gasteiger partial charge in [-0.1, -0.05) is 25.5 Å². The van der Waals surface area contributed by atoms with Crippen LogP contribution in [0.1, 0.15) is 54.1 Å². The summed E-state index contributed by atoms with van der Waals surface area (Å²) in [5.41, 5.74) is 7.79. The first kappa shape index (κ1) is 22.9. The van der Waals surface area contributed by atoms with Gasteiger partial charge >= 0.3 is 0 Å². The fourth-order valence-corrected chi connectivity index (χ4v) is 2.61. The molecular weight excluding hydrogens is 382 g/mol. The van der Waals surface area contributed by atoms with E-state index in [1.54, 1.807) is 24.3 Å². The van der Waals surface area contributed by atoms with Crippen LogP contribution in [0, 0.1) is 13.8 Å². The molecule has 0 radical (unpaired) electrons. The quantitative estimate of drug-likeness (QED) is 0.433. The summed E-state index contributed by atoms with van der Waals surface area (Å²) in [6, 6.07) is 12.5. The molecule has 0 aromatic heterocycles. The Bertz CT molecular complexity index is 879. The molecule has 0 saturated heterocycles. The van der Waals surface area contributed by atoms with E-state index in [-0.39, 0.29) is 18.7 Å². The number of anilines is 1. The Morgan fingerprint density at radius 2 is 1.60 bits per heavy atom. The number of amides is 3. The molecule has 0 saturated carbocycles. The Balaban J connectivity index is 1.72. The van der Waals surface area contributed by atoms with Crippen molar-refractivity contribution in [1.82, 2.24) is 10.9 Å². The van der Waals surface area contributed by atoms with Gasteiger partial charge in [-0.15, -0.1) is 0 Å². The number of hydrogen-bond acceptors (Lipinski definition) is 4. The van der Waals surface area contributed by atoms with Crippen LogP contribution in [0.15, 0.2) is 42.5 Å². The Morgan fingerprint density at radius 3 is 2.30 bits per heavy atom. The third-order valence-electron chi connectivity index (χ3n) is 4.44. The van der Waals surface area contributed by atoms with Crippen LogP contribution in [0.3, 0.4) is 0 Å². The molecular formula is C23H29N3O4. The molecule has 160 valence electrons. The maximum Gasteiger partial charge on any atom is 0.269 e. The van der Waals surface area contributed by atoms with Crippen LogP contribution in [-0.2, 0) is 9.59 Å². The standard InChI is InChI=1S/C23H29N3O4/c1-4-5-14-30-19-10-8-18(9-11-19)23(29)26-25-22(28)13-12-21(27)24-20-15-16(2)6-7-17(20)3/h6-11,15H,4-5,12-14H2,1-3H3,(H,24,27)(H,25,28)(H,26,29). The van der Waals surface area contributed by atoms with E-state index in [0.717, 1.165) is 29.7 Å². The molecule has 0 atom stereocenters. The number of hydrogen-bond donors (Lipinski definition) is 3. The van der Waals surface area contributed by atoms with E-state index in [2.05, 4.69) is 23.1 Å². The van der Waals surface area contributed by atoms with Crippen molar-refractivity contribution in [1.29, 1.82) is 0 Å². The Hall–Kier alpha value is -3.35. The minimum absolute atomic E-state index is 0.0128. The van der Waals surface area contributed by atoms with Gasteiger partial charge in [0, 0.05) is 24.1 Å². The van der Waals surface area contributed by atoms with Gasteiger partial charge in [0.1, 0.15) is 5.75 Å². The fourth-order valence-electron chi connectivity index (χ4n) is 2.61. The first-order chi connectivity index (χ1) is 14.4. The average molecular weight is 412 g/mol. The topological polar surface area (TPSA) is 96.5 Å². The molecule has 0 spiro atoms. The van der Waals surface area contributed by atoms with Crippen LogP contribution in [-0.4, -0.2) is 24.3 Å². The van der Waals surface area contributed by atoms with Gasteiger partial charge in [-0.3, -0.25) is 25.2 Å². The van der Waals surface area contributed by atoms with E-state index < -0.39 is 11.8 Å². The molecule has 3 amide bonds. The predicted molar refractivity (Wildman–Crippen MR) is 116 cm³/mol. The monoisotopic (exact) mass is 411 g/mol. The average Bonchev–Trinajstić information content (AvgIpc) is 2.74. The Labute approximate surface area is 177 Å². The smallest absolute Gasteiger partial charge is 0.269 e. The van der Waals surface area contributed by atoms with Gasteiger partial charge < -0.3 is 10.1 Å². The molecule has 30 heavy (non-hydrogen) atoms. The molecule has 7 nitrogen and oxygen atoms in total. The highest BCUT2D eigenvalue weighted by Crippen LogP contribution is 2.16. The summed E-state index contributed by atoms with van der Waals surface area (Å²) in [4.78, 5) is 36.1. The predicted octanol–water partition coefficient (Wildman–Crippen LogP) is 3.66. The number of carbonyl (C=O) groups is 3. The van der Waals surface area contributed by atoms with Crippen molar-refractivity contribution in [2.45, 2.75) is 46.5 Å². The molecule has 0 fully saturated rings. The van der Waals surface area contributed by atoms with Gasteiger partial charge in [-0.05, 0) is 61.7 Å². The van der Waals surface area contributed by atoms with E-state index in [9.17, 15) is 14.4 Å². The van der Waals surface area contributed by atoms with Gasteiger partial charge in [0.2, 0.25) is 11.8 Å². The van der Waals surface area contributed by atoms with Crippen molar-refractivity contribution in [2.75, 3.05) is 11.9 Å². The highest BCUT2D eigenvalue weighted by atomic mass is 16.5. The zero-order valence-corrected chi connectivity index (χ0v) is 17.7. The van der Waals surface area contributed by atoms with Gasteiger partial charge in [-0.2, -0.15) is 0 Å². The van der Waals surface area contributed by atoms with Gasteiger partial charge in [0.05, 0.1) is 6.61 Å². The number of aryl methyl sites for hydroxylation is 2. The van der Waals surface area contributed by atoms with Crippen LogP contribution >= 0.6 is 0 Å². The van der Waals surface area contributed by atoms with Crippen molar-refractivity contribution < 1.29 is 19.1 Å². The lowest BCUT2D eigenvalue weighted by Gasteiger charge is -2.10.